The predicted molar refractivity (Wildman–Crippen MR) is 93.1 cm³/mol. The molecule has 24 heavy (non-hydrogen) atoms. The Morgan fingerprint density at radius 1 is 1.08 bits per heavy atom. The Hall–Kier alpha value is -1.69. The number of rotatable bonds is 3. The van der Waals surface area contributed by atoms with Crippen LogP contribution in [-0.4, -0.2) is 28.6 Å². The Morgan fingerprint density at radius 2 is 1.75 bits per heavy atom. The highest BCUT2D eigenvalue weighted by atomic mass is 35.5. The van der Waals surface area contributed by atoms with Gasteiger partial charge >= 0.3 is 0 Å². The van der Waals surface area contributed by atoms with E-state index in [-0.39, 0.29) is 5.75 Å². The molecule has 1 fully saturated rings. The summed E-state index contributed by atoms with van der Waals surface area (Å²) in [7, 11) is 0. The summed E-state index contributed by atoms with van der Waals surface area (Å²) < 4.78 is 0. The van der Waals surface area contributed by atoms with Crippen LogP contribution in [-0.2, 0) is 4.79 Å². The maximum Gasteiger partial charge on any atom is 0.255 e. The van der Waals surface area contributed by atoms with Gasteiger partial charge in [-0.2, -0.15) is 0 Å². The van der Waals surface area contributed by atoms with Crippen LogP contribution in [0.5, 0.6) is 0 Å². The molecule has 1 amide bonds. The van der Waals surface area contributed by atoms with Crippen molar-refractivity contribution in [2.24, 2.45) is 0 Å². The van der Waals surface area contributed by atoms with Gasteiger partial charge in [-0.1, -0.05) is 41.4 Å². The lowest BCUT2D eigenvalue weighted by Gasteiger charge is -2.30. The summed E-state index contributed by atoms with van der Waals surface area (Å²) in [5, 5.41) is 12.0. The van der Waals surface area contributed by atoms with Gasteiger partial charge in [0, 0.05) is 26.9 Å². The van der Waals surface area contributed by atoms with Crippen molar-refractivity contribution in [2.45, 2.75) is 11.4 Å². The van der Waals surface area contributed by atoms with Gasteiger partial charge in [0.1, 0.15) is 5.37 Å². The molecule has 0 aromatic heterocycles. The second kappa shape index (κ2) is 7.05. The minimum absolute atomic E-state index is 0.248. The number of carbonyl (C=O) groups excluding carboxylic acids is 2. The van der Waals surface area contributed by atoms with Gasteiger partial charge in [-0.05, 0) is 30.3 Å². The molecule has 2 unspecified atom stereocenters. The smallest absolute Gasteiger partial charge is 0.255 e. The molecular formula is C17H12Cl2NO3S-. The zero-order valence-electron chi connectivity index (χ0n) is 12.3. The minimum atomic E-state index is -1.28. The van der Waals surface area contributed by atoms with Crippen molar-refractivity contribution in [3.8, 4) is 0 Å². The fourth-order valence-corrected chi connectivity index (χ4v) is 4.47. The number of hydrogen-bond donors (Lipinski definition) is 0. The first-order chi connectivity index (χ1) is 11.5. The van der Waals surface area contributed by atoms with E-state index in [0.717, 1.165) is 0 Å². The number of hydrogen-bond acceptors (Lipinski definition) is 4. The summed E-state index contributed by atoms with van der Waals surface area (Å²) >= 11 is 13.4. The second-order valence-corrected chi connectivity index (χ2v) is 7.22. The molecule has 0 N–H and O–H groups in total. The Labute approximate surface area is 153 Å². The van der Waals surface area contributed by atoms with Gasteiger partial charge in [-0.15, -0.1) is 11.8 Å². The maximum absolute atomic E-state index is 12.9. The highest BCUT2D eigenvalue weighted by Gasteiger charge is 2.40. The topological polar surface area (TPSA) is 60.4 Å². The van der Waals surface area contributed by atoms with Crippen molar-refractivity contribution in [1.82, 2.24) is 4.90 Å². The Morgan fingerprint density at radius 3 is 2.38 bits per heavy atom. The number of nitrogens with zero attached hydrogens (tertiary/aromatic N) is 1. The Kier molecular flexibility index (Phi) is 5.04. The number of aliphatic carboxylic acids is 1. The average Bonchev–Trinajstić information content (AvgIpc) is 3.00. The third-order valence-electron chi connectivity index (χ3n) is 3.77. The van der Waals surface area contributed by atoms with E-state index in [2.05, 4.69) is 0 Å². The zero-order valence-corrected chi connectivity index (χ0v) is 14.6. The number of thioether (sulfide) groups is 1. The first kappa shape index (κ1) is 17.1. The summed E-state index contributed by atoms with van der Waals surface area (Å²) in [6.45, 7) is 0. The normalized spacial score (nSPS) is 20.2. The number of halogens is 2. The van der Waals surface area contributed by atoms with Gasteiger partial charge in [0.15, 0.2) is 0 Å². The second-order valence-electron chi connectivity index (χ2n) is 5.26. The number of carbonyl (C=O) groups is 2. The molecule has 2 aromatic carbocycles. The largest absolute Gasteiger partial charge is 0.548 e. The van der Waals surface area contributed by atoms with E-state index in [1.165, 1.54) is 16.7 Å². The molecule has 2 aromatic rings. The van der Waals surface area contributed by atoms with Crippen LogP contribution in [0, 0.1) is 0 Å². The van der Waals surface area contributed by atoms with Crippen LogP contribution >= 0.6 is 35.0 Å². The lowest BCUT2D eigenvalue weighted by Crippen LogP contribution is -2.49. The van der Waals surface area contributed by atoms with Gasteiger partial charge in [0.2, 0.25) is 0 Å². The highest BCUT2D eigenvalue weighted by molar-refractivity contribution is 7.99. The van der Waals surface area contributed by atoms with E-state index >= 15 is 0 Å². The van der Waals surface area contributed by atoms with Crippen molar-refractivity contribution >= 4 is 46.8 Å². The van der Waals surface area contributed by atoms with Gasteiger partial charge in [0.05, 0.1) is 12.0 Å². The molecule has 1 heterocycles. The van der Waals surface area contributed by atoms with E-state index in [1.54, 1.807) is 48.5 Å². The van der Waals surface area contributed by atoms with Gasteiger partial charge in [-0.3, -0.25) is 4.79 Å². The Balaban J connectivity index is 2.01. The number of benzene rings is 2. The fraction of sp³-hybridized carbons (Fsp3) is 0.176. The monoisotopic (exact) mass is 380 g/mol. The first-order valence-corrected chi connectivity index (χ1v) is 8.94. The molecule has 1 aliphatic heterocycles. The SMILES string of the molecule is O=C([O-])C1CSC(c2ccccc2Cl)N1C(=O)c1ccc(Cl)cc1. The third-order valence-corrected chi connectivity index (χ3v) is 5.67. The fourth-order valence-electron chi connectivity index (χ4n) is 2.59. The van der Waals surface area contributed by atoms with E-state index in [1.807, 2.05) is 0 Å². The summed E-state index contributed by atoms with van der Waals surface area (Å²) in [4.78, 5) is 25.7. The minimum Gasteiger partial charge on any atom is -0.548 e. The first-order valence-electron chi connectivity index (χ1n) is 7.14. The number of carboxylic acid groups (broad SMARTS) is 1. The van der Waals surface area contributed by atoms with Crippen molar-refractivity contribution < 1.29 is 14.7 Å². The number of carboxylic acids is 1. The van der Waals surface area contributed by atoms with Crippen molar-refractivity contribution in [3.05, 3.63) is 69.7 Å². The molecule has 0 radical (unpaired) electrons. The van der Waals surface area contributed by atoms with Crippen LogP contribution < -0.4 is 5.11 Å². The van der Waals surface area contributed by atoms with E-state index < -0.39 is 23.3 Å². The highest BCUT2D eigenvalue weighted by Crippen LogP contribution is 2.44. The summed E-state index contributed by atoms with van der Waals surface area (Å²) in [5.41, 5.74) is 1.07. The summed E-state index contributed by atoms with van der Waals surface area (Å²) in [6.07, 6.45) is 0. The summed E-state index contributed by atoms with van der Waals surface area (Å²) in [5.74, 6) is -1.42. The van der Waals surface area contributed by atoms with Gasteiger partial charge in [-0.25, -0.2) is 0 Å². The average molecular weight is 381 g/mol. The predicted octanol–water partition coefficient (Wildman–Crippen LogP) is 3.00. The quantitative estimate of drug-likeness (QED) is 0.820. The molecule has 124 valence electrons. The van der Waals surface area contributed by atoms with Crippen LogP contribution in [0.4, 0.5) is 0 Å². The third kappa shape index (κ3) is 3.24. The molecule has 2 atom stereocenters. The van der Waals surface area contributed by atoms with Crippen molar-refractivity contribution in [1.29, 1.82) is 0 Å². The standard InChI is InChI=1S/C17H13Cl2NO3S/c18-11-7-5-10(6-8-11)15(21)20-14(17(22)23)9-24-16(20)12-3-1-2-4-13(12)19/h1-8,14,16H,9H2,(H,22,23)/p-1. The molecule has 0 aliphatic carbocycles. The van der Waals surface area contributed by atoms with Crippen LogP contribution in [0.1, 0.15) is 21.3 Å². The van der Waals surface area contributed by atoms with Gasteiger partial charge in [0.25, 0.3) is 5.91 Å². The van der Waals surface area contributed by atoms with Crippen LogP contribution in [0.25, 0.3) is 0 Å². The lowest BCUT2D eigenvalue weighted by atomic mass is 10.1. The zero-order chi connectivity index (χ0) is 17.3. The van der Waals surface area contributed by atoms with Crippen LogP contribution in [0.3, 0.4) is 0 Å². The molecule has 3 rings (SSSR count). The van der Waals surface area contributed by atoms with E-state index in [4.69, 9.17) is 23.2 Å². The van der Waals surface area contributed by atoms with Crippen LogP contribution in [0.2, 0.25) is 10.0 Å². The number of amides is 1. The van der Waals surface area contributed by atoms with Crippen LogP contribution in [0.15, 0.2) is 48.5 Å². The maximum atomic E-state index is 12.9. The molecule has 0 saturated carbocycles. The van der Waals surface area contributed by atoms with Gasteiger partial charge < -0.3 is 14.8 Å². The molecule has 0 spiro atoms. The molecule has 1 aliphatic rings. The van der Waals surface area contributed by atoms with Crippen molar-refractivity contribution in [2.75, 3.05) is 5.75 Å². The van der Waals surface area contributed by atoms with E-state index in [0.29, 0.717) is 21.2 Å². The molecule has 4 nitrogen and oxygen atoms in total. The lowest BCUT2D eigenvalue weighted by molar-refractivity contribution is -0.310. The molecule has 0 bridgehead atoms. The molecule has 7 heteroatoms. The van der Waals surface area contributed by atoms with E-state index in [9.17, 15) is 14.7 Å². The summed E-state index contributed by atoms with van der Waals surface area (Å²) in [6, 6.07) is 12.4. The Bertz CT molecular complexity index is 782. The van der Waals surface area contributed by atoms with Crippen molar-refractivity contribution in [3.63, 3.8) is 0 Å². The molecule has 1 saturated heterocycles. The molecular weight excluding hydrogens is 369 g/mol.